The normalized spacial score (nSPS) is 26.5. The summed E-state index contributed by atoms with van der Waals surface area (Å²) in [5.74, 6) is 0.738. The first kappa shape index (κ1) is 18.7. The van der Waals surface area contributed by atoms with Gasteiger partial charge in [-0.05, 0) is 49.8 Å². The molecule has 1 aromatic rings. The number of anilines is 2. The van der Waals surface area contributed by atoms with E-state index in [1.807, 2.05) is 18.2 Å². The maximum absolute atomic E-state index is 13.2. The van der Waals surface area contributed by atoms with E-state index in [9.17, 15) is 8.42 Å². The Morgan fingerprint density at radius 3 is 2.50 bits per heavy atom. The van der Waals surface area contributed by atoms with Gasteiger partial charge in [-0.2, -0.15) is 4.31 Å². The molecule has 1 saturated carbocycles. The van der Waals surface area contributed by atoms with Crippen LogP contribution in [0.5, 0.6) is 0 Å². The Morgan fingerprint density at radius 2 is 1.71 bits per heavy atom. The maximum atomic E-state index is 13.2. The van der Waals surface area contributed by atoms with Crippen LogP contribution in [0.15, 0.2) is 23.1 Å². The van der Waals surface area contributed by atoms with Crippen LogP contribution in [0.25, 0.3) is 0 Å². The molecule has 0 N–H and O–H groups in total. The zero-order valence-electron chi connectivity index (χ0n) is 16.6. The smallest absolute Gasteiger partial charge is 0.243 e. The molecule has 0 amide bonds. The topological polar surface area (TPSA) is 53.1 Å². The van der Waals surface area contributed by atoms with Gasteiger partial charge >= 0.3 is 0 Å². The predicted molar refractivity (Wildman–Crippen MR) is 110 cm³/mol. The summed E-state index contributed by atoms with van der Waals surface area (Å²) in [6, 6.07) is 5.80. The summed E-state index contributed by atoms with van der Waals surface area (Å²) in [5, 5.41) is 0. The van der Waals surface area contributed by atoms with Gasteiger partial charge in [0.15, 0.2) is 0 Å². The fourth-order valence-electron chi connectivity index (χ4n) is 5.46. The zero-order chi connectivity index (χ0) is 19.1. The Morgan fingerprint density at radius 1 is 0.929 bits per heavy atom. The van der Waals surface area contributed by atoms with Crippen molar-refractivity contribution < 1.29 is 13.2 Å². The summed E-state index contributed by atoms with van der Waals surface area (Å²) in [4.78, 5) is 5.45. The molecule has 28 heavy (non-hydrogen) atoms. The number of ether oxygens (including phenoxy) is 1. The molecule has 1 atom stereocenters. The SMILES string of the molecule is O=S(=O)(c1ccc2c(c1)N(CC1CCCCC1)C1CCCN21)N1CCOCC1. The van der Waals surface area contributed by atoms with Gasteiger partial charge in [0, 0.05) is 26.2 Å². The van der Waals surface area contributed by atoms with Gasteiger partial charge in [-0.1, -0.05) is 19.3 Å². The number of rotatable bonds is 4. The molecule has 1 unspecified atom stereocenters. The molecule has 3 fully saturated rings. The lowest BCUT2D eigenvalue weighted by Crippen LogP contribution is -2.42. The Kier molecular flexibility index (Phi) is 5.01. The lowest BCUT2D eigenvalue weighted by molar-refractivity contribution is 0.0730. The molecule has 0 aromatic heterocycles. The van der Waals surface area contributed by atoms with Gasteiger partial charge < -0.3 is 14.5 Å². The highest BCUT2D eigenvalue weighted by Gasteiger charge is 2.40. The summed E-state index contributed by atoms with van der Waals surface area (Å²) in [7, 11) is -3.46. The van der Waals surface area contributed by atoms with Crippen molar-refractivity contribution in [3.63, 3.8) is 0 Å². The van der Waals surface area contributed by atoms with E-state index in [1.165, 1.54) is 50.6 Å². The molecule has 2 saturated heterocycles. The number of hydrogen-bond acceptors (Lipinski definition) is 5. The van der Waals surface area contributed by atoms with Crippen molar-refractivity contribution in [3.05, 3.63) is 18.2 Å². The summed E-state index contributed by atoms with van der Waals surface area (Å²) in [5.41, 5.74) is 2.35. The highest BCUT2D eigenvalue weighted by molar-refractivity contribution is 7.89. The van der Waals surface area contributed by atoms with Gasteiger partial charge in [-0.25, -0.2) is 8.42 Å². The lowest BCUT2D eigenvalue weighted by atomic mass is 9.89. The van der Waals surface area contributed by atoms with E-state index in [0.717, 1.165) is 24.7 Å². The molecule has 3 aliphatic heterocycles. The van der Waals surface area contributed by atoms with Crippen molar-refractivity contribution in [1.82, 2.24) is 4.31 Å². The van der Waals surface area contributed by atoms with E-state index in [0.29, 0.717) is 37.4 Å². The van der Waals surface area contributed by atoms with Gasteiger partial charge in [0.05, 0.1) is 29.5 Å². The van der Waals surface area contributed by atoms with Crippen LogP contribution in [0.3, 0.4) is 0 Å². The van der Waals surface area contributed by atoms with Crippen LogP contribution in [0, 0.1) is 5.92 Å². The van der Waals surface area contributed by atoms with Crippen molar-refractivity contribution in [3.8, 4) is 0 Å². The Hall–Kier alpha value is -1.31. The number of sulfonamides is 1. The van der Waals surface area contributed by atoms with Crippen LogP contribution < -0.4 is 9.80 Å². The number of nitrogens with zero attached hydrogens (tertiary/aromatic N) is 3. The van der Waals surface area contributed by atoms with Gasteiger partial charge in [0.2, 0.25) is 10.0 Å². The highest BCUT2D eigenvalue weighted by Crippen LogP contribution is 2.46. The molecule has 4 aliphatic rings. The van der Waals surface area contributed by atoms with E-state index in [4.69, 9.17) is 4.74 Å². The van der Waals surface area contributed by atoms with Crippen LogP contribution in [-0.4, -0.2) is 58.3 Å². The second-order valence-electron chi connectivity index (χ2n) is 8.64. The second-order valence-corrected chi connectivity index (χ2v) is 10.6. The Labute approximate surface area is 168 Å². The lowest BCUT2D eigenvalue weighted by Gasteiger charge is -2.33. The number of morpholine rings is 1. The third-order valence-electron chi connectivity index (χ3n) is 6.93. The zero-order valence-corrected chi connectivity index (χ0v) is 17.4. The fourth-order valence-corrected chi connectivity index (χ4v) is 6.88. The number of benzene rings is 1. The second kappa shape index (κ2) is 7.50. The van der Waals surface area contributed by atoms with E-state index in [2.05, 4.69) is 9.80 Å². The summed E-state index contributed by atoms with van der Waals surface area (Å²) in [6.07, 6.45) is 9.47. The van der Waals surface area contributed by atoms with Crippen molar-refractivity contribution >= 4 is 21.4 Å². The average molecular weight is 406 g/mol. The molecule has 5 rings (SSSR count). The average Bonchev–Trinajstić information content (AvgIpc) is 3.32. The van der Waals surface area contributed by atoms with Crippen LogP contribution in [0.2, 0.25) is 0 Å². The maximum Gasteiger partial charge on any atom is 0.243 e. The first-order chi connectivity index (χ1) is 13.6. The fraction of sp³-hybridized carbons (Fsp3) is 0.714. The van der Waals surface area contributed by atoms with Crippen LogP contribution in [0.4, 0.5) is 11.4 Å². The minimum absolute atomic E-state index is 0.415. The summed E-state index contributed by atoms with van der Waals surface area (Å²) in [6.45, 7) is 3.99. The molecular formula is C21H31N3O3S. The molecule has 1 aliphatic carbocycles. The van der Waals surface area contributed by atoms with E-state index < -0.39 is 10.0 Å². The summed E-state index contributed by atoms with van der Waals surface area (Å²) >= 11 is 0. The van der Waals surface area contributed by atoms with E-state index in [1.54, 1.807) is 4.31 Å². The first-order valence-electron chi connectivity index (χ1n) is 10.9. The molecule has 7 heteroatoms. The number of hydrogen-bond donors (Lipinski definition) is 0. The molecule has 0 radical (unpaired) electrons. The first-order valence-corrected chi connectivity index (χ1v) is 12.3. The molecule has 0 bridgehead atoms. The third-order valence-corrected chi connectivity index (χ3v) is 8.83. The molecular weight excluding hydrogens is 374 g/mol. The molecule has 0 spiro atoms. The van der Waals surface area contributed by atoms with Crippen molar-refractivity contribution in [2.45, 2.75) is 56.0 Å². The summed E-state index contributed by atoms with van der Waals surface area (Å²) < 4.78 is 33.2. The standard InChI is InChI=1S/C21H31N3O3S/c25-28(26,22-11-13-27-14-12-22)18-8-9-19-20(15-18)24(21-7-4-10-23(19)21)16-17-5-2-1-3-6-17/h8-9,15,17,21H,1-7,10-14,16H2. The monoisotopic (exact) mass is 405 g/mol. The minimum Gasteiger partial charge on any atom is -0.379 e. The van der Waals surface area contributed by atoms with Crippen molar-refractivity contribution in [1.29, 1.82) is 0 Å². The van der Waals surface area contributed by atoms with Gasteiger partial charge in [-0.3, -0.25) is 0 Å². The quantitative estimate of drug-likeness (QED) is 0.771. The highest BCUT2D eigenvalue weighted by atomic mass is 32.2. The van der Waals surface area contributed by atoms with Crippen LogP contribution >= 0.6 is 0 Å². The van der Waals surface area contributed by atoms with Gasteiger partial charge in [0.25, 0.3) is 0 Å². The van der Waals surface area contributed by atoms with E-state index in [-0.39, 0.29) is 0 Å². The molecule has 1 aromatic carbocycles. The van der Waals surface area contributed by atoms with Crippen LogP contribution in [0.1, 0.15) is 44.9 Å². The Bertz CT molecular complexity index is 816. The van der Waals surface area contributed by atoms with Crippen molar-refractivity contribution in [2.75, 3.05) is 49.2 Å². The van der Waals surface area contributed by atoms with Gasteiger partial charge in [0.1, 0.15) is 6.17 Å². The number of fused-ring (bicyclic) bond motifs is 3. The molecule has 3 heterocycles. The predicted octanol–water partition coefficient (Wildman–Crippen LogP) is 3.03. The molecule has 154 valence electrons. The van der Waals surface area contributed by atoms with Gasteiger partial charge in [-0.15, -0.1) is 0 Å². The van der Waals surface area contributed by atoms with Crippen LogP contribution in [-0.2, 0) is 14.8 Å². The minimum atomic E-state index is -3.46. The largest absolute Gasteiger partial charge is 0.379 e. The Balaban J connectivity index is 1.46. The third kappa shape index (κ3) is 3.21. The van der Waals surface area contributed by atoms with Crippen molar-refractivity contribution in [2.24, 2.45) is 5.92 Å². The molecule has 6 nitrogen and oxygen atoms in total. The van der Waals surface area contributed by atoms with E-state index >= 15 is 0 Å².